The number of hydrogen-bond donors (Lipinski definition) is 2. The van der Waals surface area contributed by atoms with Crippen LogP contribution in [-0.4, -0.2) is 66.7 Å². The molecule has 1 saturated heterocycles. The van der Waals surface area contributed by atoms with Crippen molar-refractivity contribution >= 4 is 23.9 Å². The number of amides is 1. The number of carbonyl (C=O) groups excluding carboxylic acids is 2. The van der Waals surface area contributed by atoms with E-state index in [4.69, 9.17) is 16.4 Å². The maximum atomic E-state index is 13.9. The highest BCUT2D eigenvalue weighted by atomic mass is 19.3. The zero-order chi connectivity index (χ0) is 24.9. The van der Waals surface area contributed by atoms with Crippen LogP contribution in [0, 0.1) is 0 Å². The number of benzene rings is 2. The third-order valence-electron chi connectivity index (χ3n) is 6.39. The average molecular weight is 487 g/mol. The summed E-state index contributed by atoms with van der Waals surface area (Å²) < 4.78 is 32.8. The number of hydrazine groups is 1. The molecule has 11 heteroatoms. The van der Waals surface area contributed by atoms with Gasteiger partial charge in [0.2, 0.25) is 5.91 Å². The highest BCUT2D eigenvalue weighted by Gasteiger charge is 2.35. The van der Waals surface area contributed by atoms with Crippen molar-refractivity contribution in [3.05, 3.63) is 64.7 Å². The van der Waals surface area contributed by atoms with Gasteiger partial charge in [-0.2, -0.15) is 5.10 Å². The van der Waals surface area contributed by atoms with Crippen molar-refractivity contribution in [1.29, 1.82) is 0 Å². The molecule has 2 aliphatic rings. The number of fused-ring (bicyclic) bond motifs is 1. The van der Waals surface area contributed by atoms with Crippen LogP contribution in [0.15, 0.2) is 47.6 Å². The van der Waals surface area contributed by atoms with Crippen LogP contribution in [0.4, 0.5) is 14.5 Å². The molecule has 0 aromatic heterocycles. The van der Waals surface area contributed by atoms with Gasteiger partial charge in [-0.3, -0.25) is 14.7 Å². The SMILES string of the molecule is N/N=C\N(N)c1ccc(CC(=O)N2CCN(CCc3ccc4c(c3)COC4=O)C(C(F)F)C2)cc1. The summed E-state index contributed by atoms with van der Waals surface area (Å²) in [4.78, 5) is 27.7. The first-order valence-corrected chi connectivity index (χ1v) is 11.3. The molecule has 186 valence electrons. The number of hydrazone groups is 1. The van der Waals surface area contributed by atoms with Crippen LogP contribution in [0.25, 0.3) is 0 Å². The molecule has 0 radical (unpaired) electrons. The van der Waals surface area contributed by atoms with Gasteiger partial charge in [0, 0.05) is 31.7 Å². The van der Waals surface area contributed by atoms with Crippen LogP contribution in [0.5, 0.6) is 0 Å². The van der Waals surface area contributed by atoms with E-state index in [2.05, 4.69) is 5.10 Å². The number of esters is 1. The van der Waals surface area contributed by atoms with Gasteiger partial charge < -0.3 is 15.5 Å². The molecule has 2 aromatic rings. The summed E-state index contributed by atoms with van der Waals surface area (Å²) >= 11 is 0. The molecule has 1 atom stereocenters. The predicted molar refractivity (Wildman–Crippen MR) is 127 cm³/mol. The maximum Gasteiger partial charge on any atom is 0.338 e. The third-order valence-corrected chi connectivity index (χ3v) is 6.39. The number of alkyl halides is 2. The predicted octanol–water partition coefficient (Wildman–Crippen LogP) is 1.50. The van der Waals surface area contributed by atoms with Gasteiger partial charge in [-0.1, -0.05) is 24.3 Å². The number of carbonyl (C=O) groups is 2. The first-order chi connectivity index (χ1) is 16.9. The van der Waals surface area contributed by atoms with E-state index in [1.807, 2.05) is 12.1 Å². The normalized spacial score (nSPS) is 18.2. The van der Waals surface area contributed by atoms with Crippen LogP contribution in [-0.2, 0) is 29.0 Å². The van der Waals surface area contributed by atoms with Crippen LogP contribution in [0.1, 0.15) is 27.0 Å². The summed E-state index contributed by atoms with van der Waals surface area (Å²) in [5.74, 6) is 10.3. The van der Waals surface area contributed by atoms with E-state index in [1.54, 1.807) is 35.2 Å². The molecule has 2 aliphatic heterocycles. The molecule has 0 spiro atoms. The van der Waals surface area contributed by atoms with Crippen LogP contribution >= 0.6 is 0 Å². The Morgan fingerprint density at radius 2 is 1.94 bits per heavy atom. The number of halogens is 2. The van der Waals surface area contributed by atoms with Gasteiger partial charge in [0.05, 0.1) is 23.7 Å². The lowest BCUT2D eigenvalue weighted by molar-refractivity contribution is -0.135. The van der Waals surface area contributed by atoms with Crippen LogP contribution in [0.2, 0.25) is 0 Å². The van der Waals surface area contributed by atoms with Gasteiger partial charge in [-0.05, 0) is 35.7 Å². The Labute approximate surface area is 201 Å². The highest BCUT2D eigenvalue weighted by molar-refractivity contribution is 5.93. The minimum atomic E-state index is -2.57. The minimum absolute atomic E-state index is 0.0232. The first-order valence-electron chi connectivity index (χ1n) is 11.3. The van der Waals surface area contributed by atoms with Gasteiger partial charge in [-0.15, -0.1) is 0 Å². The second-order valence-corrected chi connectivity index (χ2v) is 8.61. The minimum Gasteiger partial charge on any atom is -0.457 e. The third kappa shape index (κ3) is 5.75. The second kappa shape index (κ2) is 10.8. The van der Waals surface area contributed by atoms with Crippen molar-refractivity contribution in [2.45, 2.75) is 31.9 Å². The van der Waals surface area contributed by atoms with Gasteiger partial charge in [-0.25, -0.2) is 19.4 Å². The van der Waals surface area contributed by atoms with Crippen molar-refractivity contribution in [2.24, 2.45) is 16.8 Å². The van der Waals surface area contributed by atoms with Crippen molar-refractivity contribution in [3.63, 3.8) is 0 Å². The zero-order valence-corrected chi connectivity index (χ0v) is 19.1. The van der Waals surface area contributed by atoms with Gasteiger partial charge in [0.25, 0.3) is 6.43 Å². The Bertz CT molecular complexity index is 1100. The van der Waals surface area contributed by atoms with Crippen molar-refractivity contribution < 1.29 is 23.1 Å². The molecule has 1 amide bonds. The van der Waals surface area contributed by atoms with E-state index < -0.39 is 12.5 Å². The molecule has 35 heavy (non-hydrogen) atoms. The number of hydrogen-bond acceptors (Lipinski definition) is 7. The lowest BCUT2D eigenvalue weighted by Crippen LogP contribution is -2.58. The first kappa shape index (κ1) is 24.6. The maximum absolute atomic E-state index is 13.9. The monoisotopic (exact) mass is 486 g/mol. The summed E-state index contributed by atoms with van der Waals surface area (Å²) in [6, 6.07) is 11.4. The molecule has 2 heterocycles. The van der Waals surface area contributed by atoms with E-state index in [1.165, 1.54) is 16.2 Å². The fraction of sp³-hybridized carbons (Fsp3) is 0.375. The average Bonchev–Trinajstić information content (AvgIpc) is 3.23. The summed E-state index contributed by atoms with van der Waals surface area (Å²) in [6.07, 6.45) is -0.639. The largest absolute Gasteiger partial charge is 0.457 e. The lowest BCUT2D eigenvalue weighted by atomic mass is 10.0. The Morgan fingerprint density at radius 1 is 1.20 bits per heavy atom. The molecule has 1 unspecified atom stereocenters. The summed E-state index contributed by atoms with van der Waals surface area (Å²) in [6.45, 7) is 1.42. The van der Waals surface area contributed by atoms with Crippen molar-refractivity contribution in [3.8, 4) is 0 Å². The van der Waals surface area contributed by atoms with E-state index in [0.717, 1.165) is 16.7 Å². The van der Waals surface area contributed by atoms with E-state index >= 15 is 0 Å². The van der Waals surface area contributed by atoms with E-state index in [0.29, 0.717) is 37.3 Å². The lowest BCUT2D eigenvalue weighted by Gasteiger charge is -2.41. The van der Waals surface area contributed by atoms with Gasteiger partial charge >= 0.3 is 5.97 Å². The van der Waals surface area contributed by atoms with Crippen molar-refractivity contribution in [1.82, 2.24) is 9.80 Å². The molecule has 2 aromatic carbocycles. The number of ether oxygens (including phenoxy) is 1. The summed E-state index contributed by atoms with van der Waals surface area (Å²) in [5, 5.41) is 4.59. The summed E-state index contributed by atoms with van der Waals surface area (Å²) in [7, 11) is 0. The quantitative estimate of drug-likeness (QED) is 0.191. The number of anilines is 1. The fourth-order valence-corrected chi connectivity index (χ4v) is 4.42. The fourth-order valence-electron chi connectivity index (χ4n) is 4.42. The number of rotatable bonds is 8. The number of piperazine rings is 1. The molecular formula is C24H28F2N6O3. The Balaban J connectivity index is 1.33. The Morgan fingerprint density at radius 3 is 2.66 bits per heavy atom. The number of cyclic esters (lactones) is 1. The molecule has 0 saturated carbocycles. The molecule has 0 bridgehead atoms. The molecular weight excluding hydrogens is 458 g/mol. The van der Waals surface area contributed by atoms with Crippen molar-refractivity contribution in [2.75, 3.05) is 31.2 Å². The number of nitrogens with zero attached hydrogens (tertiary/aromatic N) is 4. The number of nitrogens with two attached hydrogens (primary N) is 2. The molecule has 4 rings (SSSR count). The Hall–Kier alpha value is -3.57. The molecule has 9 nitrogen and oxygen atoms in total. The molecule has 4 N–H and O–H groups in total. The van der Waals surface area contributed by atoms with Crippen LogP contribution < -0.4 is 16.7 Å². The van der Waals surface area contributed by atoms with Gasteiger partial charge in [0.1, 0.15) is 12.9 Å². The second-order valence-electron chi connectivity index (χ2n) is 8.61. The van der Waals surface area contributed by atoms with Crippen LogP contribution in [0.3, 0.4) is 0 Å². The zero-order valence-electron chi connectivity index (χ0n) is 19.1. The molecule has 1 fully saturated rings. The van der Waals surface area contributed by atoms with E-state index in [-0.39, 0.29) is 31.4 Å². The topological polar surface area (TPSA) is 117 Å². The highest BCUT2D eigenvalue weighted by Crippen LogP contribution is 2.23. The van der Waals surface area contributed by atoms with Gasteiger partial charge in [0.15, 0.2) is 0 Å². The molecule has 0 aliphatic carbocycles. The Kier molecular flexibility index (Phi) is 7.57. The summed E-state index contributed by atoms with van der Waals surface area (Å²) in [5.41, 5.74) is 3.75. The smallest absolute Gasteiger partial charge is 0.338 e. The van der Waals surface area contributed by atoms with E-state index in [9.17, 15) is 18.4 Å². The standard InChI is InChI=1S/C24H28F2N6O3/c25-23(26)21-13-31(22(33)12-16-1-4-19(5-2-16)32(28)15-29-27)10-9-30(21)8-7-17-3-6-20-18(11-17)14-35-24(20)34/h1-6,11,15,21,23H,7-10,12-14,27-28H2/b29-15-.